The molecule has 0 saturated carbocycles. The molecule has 2 N–H and O–H groups in total. The van der Waals surface area contributed by atoms with Gasteiger partial charge in [0.15, 0.2) is 0 Å². The van der Waals surface area contributed by atoms with E-state index in [1.165, 1.54) is 0 Å². The first-order chi connectivity index (χ1) is 7.13. The number of carbonyl (C=O) groups excluding carboxylic acids is 1. The van der Waals surface area contributed by atoms with E-state index in [-0.39, 0.29) is 12.5 Å². The fourth-order valence-corrected chi connectivity index (χ4v) is 1.04. The summed E-state index contributed by atoms with van der Waals surface area (Å²) in [5.74, 6) is -0.250. The van der Waals surface area contributed by atoms with Crippen molar-refractivity contribution in [1.82, 2.24) is 5.32 Å². The summed E-state index contributed by atoms with van der Waals surface area (Å²) in [6, 6.07) is 8.29. The predicted molar refractivity (Wildman–Crippen MR) is 55.2 cm³/mol. The van der Waals surface area contributed by atoms with E-state index < -0.39 is 6.10 Å². The van der Waals surface area contributed by atoms with Crippen LogP contribution in [0.25, 0.3) is 0 Å². The van der Waals surface area contributed by atoms with Gasteiger partial charge in [0, 0.05) is 12.1 Å². The molecule has 1 aromatic rings. The van der Waals surface area contributed by atoms with Gasteiger partial charge in [-0.3, -0.25) is 4.79 Å². The lowest BCUT2D eigenvalue weighted by Gasteiger charge is -2.06. The molecule has 0 heterocycles. The van der Waals surface area contributed by atoms with Gasteiger partial charge in [-0.15, -0.1) is 0 Å². The fraction of sp³-hybridized carbons (Fsp3) is 0.273. The number of hydrogen-bond donors (Lipinski definition) is 2. The van der Waals surface area contributed by atoms with E-state index in [1.54, 1.807) is 31.2 Å². The molecule has 4 nitrogen and oxygen atoms in total. The van der Waals surface area contributed by atoms with E-state index in [2.05, 4.69) is 5.32 Å². The summed E-state index contributed by atoms with van der Waals surface area (Å²) in [5, 5.41) is 20.1. The van der Waals surface area contributed by atoms with Crippen molar-refractivity contribution in [3.05, 3.63) is 35.4 Å². The van der Waals surface area contributed by atoms with Crippen LogP contribution in [0, 0.1) is 11.3 Å². The number of hydrogen-bond acceptors (Lipinski definition) is 3. The van der Waals surface area contributed by atoms with E-state index in [1.807, 2.05) is 6.07 Å². The summed E-state index contributed by atoms with van der Waals surface area (Å²) in [6.07, 6.45) is -0.563. The van der Waals surface area contributed by atoms with Gasteiger partial charge < -0.3 is 10.4 Å². The van der Waals surface area contributed by atoms with Crippen LogP contribution in [0.4, 0.5) is 0 Å². The summed E-state index contributed by atoms with van der Waals surface area (Å²) in [7, 11) is 0. The zero-order chi connectivity index (χ0) is 11.3. The van der Waals surface area contributed by atoms with Gasteiger partial charge in [-0.25, -0.2) is 0 Å². The Balaban J connectivity index is 2.63. The molecular formula is C11H12N2O2. The highest BCUT2D eigenvalue weighted by molar-refractivity contribution is 5.94. The van der Waals surface area contributed by atoms with Gasteiger partial charge in [0.2, 0.25) is 0 Å². The summed E-state index contributed by atoms with van der Waals surface area (Å²) >= 11 is 0. The van der Waals surface area contributed by atoms with Gasteiger partial charge in [0.25, 0.3) is 5.91 Å². The van der Waals surface area contributed by atoms with Gasteiger partial charge in [-0.05, 0) is 31.2 Å². The molecular weight excluding hydrogens is 192 g/mol. The smallest absolute Gasteiger partial charge is 0.251 e. The number of amides is 1. The van der Waals surface area contributed by atoms with E-state index >= 15 is 0 Å². The van der Waals surface area contributed by atoms with E-state index in [4.69, 9.17) is 10.4 Å². The second-order valence-electron chi connectivity index (χ2n) is 3.25. The number of aliphatic hydroxyl groups is 1. The minimum absolute atomic E-state index is 0.221. The molecule has 0 spiro atoms. The lowest BCUT2D eigenvalue weighted by atomic mass is 10.1. The largest absolute Gasteiger partial charge is 0.392 e. The van der Waals surface area contributed by atoms with Crippen molar-refractivity contribution >= 4 is 5.91 Å². The topological polar surface area (TPSA) is 73.1 Å². The van der Waals surface area contributed by atoms with Crippen LogP contribution >= 0.6 is 0 Å². The first-order valence-electron chi connectivity index (χ1n) is 4.60. The van der Waals surface area contributed by atoms with Gasteiger partial charge in [-0.2, -0.15) is 5.26 Å². The van der Waals surface area contributed by atoms with Crippen molar-refractivity contribution in [1.29, 1.82) is 5.26 Å². The van der Waals surface area contributed by atoms with Crippen molar-refractivity contribution < 1.29 is 9.90 Å². The van der Waals surface area contributed by atoms with Crippen LogP contribution < -0.4 is 5.32 Å². The van der Waals surface area contributed by atoms with Crippen LogP contribution in [0.3, 0.4) is 0 Å². The van der Waals surface area contributed by atoms with Gasteiger partial charge in [0.1, 0.15) is 0 Å². The van der Waals surface area contributed by atoms with Crippen LogP contribution in [0.2, 0.25) is 0 Å². The molecule has 0 aromatic heterocycles. The quantitative estimate of drug-likeness (QED) is 0.760. The molecule has 15 heavy (non-hydrogen) atoms. The highest BCUT2D eigenvalue weighted by Crippen LogP contribution is 2.02. The highest BCUT2D eigenvalue weighted by atomic mass is 16.3. The van der Waals surface area contributed by atoms with E-state index in [9.17, 15) is 4.79 Å². The maximum atomic E-state index is 11.4. The number of benzene rings is 1. The Kier molecular flexibility index (Phi) is 3.83. The van der Waals surface area contributed by atoms with E-state index in [0.717, 1.165) is 0 Å². The molecule has 0 radical (unpaired) electrons. The normalized spacial score (nSPS) is 11.5. The molecule has 1 atom stereocenters. The van der Waals surface area contributed by atoms with Crippen LogP contribution in [0.15, 0.2) is 24.3 Å². The summed E-state index contributed by atoms with van der Waals surface area (Å²) in [6.45, 7) is 1.82. The third-order valence-electron chi connectivity index (χ3n) is 1.83. The summed E-state index contributed by atoms with van der Waals surface area (Å²) in [5.41, 5.74) is 0.997. The Labute approximate surface area is 88.2 Å². The Morgan fingerprint density at radius 1 is 1.53 bits per heavy atom. The minimum Gasteiger partial charge on any atom is -0.392 e. The second kappa shape index (κ2) is 5.13. The predicted octanol–water partition coefficient (Wildman–Crippen LogP) is 0.669. The van der Waals surface area contributed by atoms with Crippen molar-refractivity contribution in [3.63, 3.8) is 0 Å². The van der Waals surface area contributed by atoms with Crippen LogP contribution in [-0.4, -0.2) is 23.7 Å². The molecule has 1 amide bonds. The molecule has 0 aliphatic carbocycles. The Morgan fingerprint density at radius 2 is 2.13 bits per heavy atom. The molecule has 78 valence electrons. The maximum Gasteiger partial charge on any atom is 0.251 e. The SMILES string of the molecule is C[C@H](O)CNC(=O)c1ccc(C#N)cc1. The second-order valence-corrected chi connectivity index (χ2v) is 3.25. The molecule has 0 unspecified atom stereocenters. The molecule has 0 bridgehead atoms. The van der Waals surface area contributed by atoms with Gasteiger partial charge in [0.05, 0.1) is 17.7 Å². The number of nitrogens with zero attached hydrogens (tertiary/aromatic N) is 1. The zero-order valence-corrected chi connectivity index (χ0v) is 8.40. The summed E-state index contributed by atoms with van der Waals surface area (Å²) in [4.78, 5) is 11.4. The molecule has 0 aliphatic heterocycles. The molecule has 4 heteroatoms. The Morgan fingerprint density at radius 3 is 2.60 bits per heavy atom. The number of aliphatic hydroxyl groups excluding tert-OH is 1. The number of carbonyl (C=O) groups is 1. The van der Waals surface area contributed by atoms with Gasteiger partial charge in [-0.1, -0.05) is 0 Å². The average molecular weight is 204 g/mol. The fourth-order valence-electron chi connectivity index (χ4n) is 1.04. The molecule has 0 saturated heterocycles. The first-order valence-corrected chi connectivity index (χ1v) is 4.60. The molecule has 1 rings (SSSR count). The summed E-state index contributed by atoms with van der Waals surface area (Å²) < 4.78 is 0. The van der Waals surface area contributed by atoms with Crippen LogP contribution in [0.1, 0.15) is 22.8 Å². The number of rotatable bonds is 3. The van der Waals surface area contributed by atoms with Gasteiger partial charge >= 0.3 is 0 Å². The highest BCUT2D eigenvalue weighted by Gasteiger charge is 2.05. The lowest BCUT2D eigenvalue weighted by molar-refractivity contribution is 0.0924. The standard InChI is InChI=1S/C11H12N2O2/c1-8(14)7-13-11(15)10-4-2-9(6-12)3-5-10/h2-5,8,14H,7H2,1H3,(H,13,15)/t8-/m0/s1. The van der Waals surface area contributed by atoms with Crippen molar-refractivity contribution in [2.45, 2.75) is 13.0 Å². The lowest BCUT2D eigenvalue weighted by Crippen LogP contribution is -2.30. The Bertz CT molecular complexity index is 377. The molecule has 1 aromatic carbocycles. The van der Waals surface area contributed by atoms with Crippen molar-refractivity contribution in [2.24, 2.45) is 0 Å². The minimum atomic E-state index is -0.563. The average Bonchev–Trinajstić information content (AvgIpc) is 2.26. The monoisotopic (exact) mass is 204 g/mol. The first kappa shape index (κ1) is 11.2. The van der Waals surface area contributed by atoms with Crippen molar-refractivity contribution in [3.8, 4) is 6.07 Å². The third-order valence-corrected chi connectivity index (χ3v) is 1.83. The molecule has 0 aliphatic rings. The number of nitriles is 1. The van der Waals surface area contributed by atoms with E-state index in [0.29, 0.717) is 11.1 Å². The maximum absolute atomic E-state index is 11.4. The zero-order valence-electron chi connectivity index (χ0n) is 8.40. The third kappa shape index (κ3) is 3.41. The van der Waals surface area contributed by atoms with Crippen LogP contribution in [-0.2, 0) is 0 Å². The number of nitrogens with one attached hydrogen (secondary N) is 1. The van der Waals surface area contributed by atoms with Crippen LogP contribution in [0.5, 0.6) is 0 Å². The van der Waals surface area contributed by atoms with Crippen molar-refractivity contribution in [2.75, 3.05) is 6.54 Å². The Hall–Kier alpha value is -1.86. The molecule has 0 fully saturated rings.